The van der Waals surface area contributed by atoms with Gasteiger partial charge in [-0.1, -0.05) is 29.3 Å². The number of benzene rings is 1. The lowest BCUT2D eigenvalue weighted by Gasteiger charge is -2.31. The van der Waals surface area contributed by atoms with Crippen molar-refractivity contribution in [3.63, 3.8) is 0 Å². The smallest absolute Gasteiger partial charge is 0.247 e. The number of rotatable bonds is 2. The SMILES string of the molecule is CC1C(=O)NCCN1C(=O)C=Cc1ccc(Cl)cc1Cl. The van der Waals surface area contributed by atoms with Crippen molar-refractivity contribution in [1.29, 1.82) is 0 Å². The summed E-state index contributed by atoms with van der Waals surface area (Å²) >= 11 is 11.8. The molecule has 1 heterocycles. The van der Waals surface area contributed by atoms with Crippen LogP contribution in [0, 0.1) is 0 Å². The minimum atomic E-state index is -0.457. The van der Waals surface area contributed by atoms with Crippen LogP contribution in [0.25, 0.3) is 6.08 Å². The van der Waals surface area contributed by atoms with Crippen molar-refractivity contribution in [1.82, 2.24) is 10.2 Å². The van der Waals surface area contributed by atoms with Crippen LogP contribution in [0.2, 0.25) is 10.0 Å². The van der Waals surface area contributed by atoms with Gasteiger partial charge in [-0.05, 0) is 30.7 Å². The van der Waals surface area contributed by atoms with Gasteiger partial charge in [0, 0.05) is 29.2 Å². The van der Waals surface area contributed by atoms with E-state index in [-0.39, 0.29) is 11.8 Å². The second-order valence-electron chi connectivity index (χ2n) is 4.50. The fourth-order valence-corrected chi connectivity index (χ4v) is 2.45. The molecule has 20 heavy (non-hydrogen) atoms. The highest BCUT2D eigenvalue weighted by atomic mass is 35.5. The summed E-state index contributed by atoms with van der Waals surface area (Å²) in [5.74, 6) is -0.346. The van der Waals surface area contributed by atoms with Gasteiger partial charge in [-0.3, -0.25) is 9.59 Å². The maximum Gasteiger partial charge on any atom is 0.247 e. The lowest BCUT2D eigenvalue weighted by Crippen LogP contribution is -2.55. The zero-order valence-electron chi connectivity index (χ0n) is 10.9. The van der Waals surface area contributed by atoms with Gasteiger partial charge >= 0.3 is 0 Å². The molecule has 4 nitrogen and oxygen atoms in total. The Hall–Kier alpha value is -1.52. The number of amides is 2. The normalized spacial score (nSPS) is 19.2. The maximum absolute atomic E-state index is 12.1. The van der Waals surface area contributed by atoms with Crippen LogP contribution in [0.15, 0.2) is 24.3 Å². The van der Waals surface area contributed by atoms with Gasteiger partial charge in [-0.25, -0.2) is 0 Å². The zero-order chi connectivity index (χ0) is 14.7. The highest BCUT2D eigenvalue weighted by Crippen LogP contribution is 2.22. The lowest BCUT2D eigenvalue weighted by molar-refractivity contribution is -0.139. The van der Waals surface area contributed by atoms with E-state index in [1.54, 1.807) is 31.2 Å². The number of carbonyl (C=O) groups excluding carboxylic acids is 2. The first kappa shape index (κ1) is 14.9. The molecule has 1 atom stereocenters. The Bertz CT molecular complexity index is 572. The van der Waals surface area contributed by atoms with E-state index in [1.807, 2.05) is 0 Å². The third-order valence-electron chi connectivity index (χ3n) is 3.15. The summed E-state index contributed by atoms with van der Waals surface area (Å²) in [6.07, 6.45) is 3.05. The van der Waals surface area contributed by atoms with E-state index in [9.17, 15) is 9.59 Å². The van der Waals surface area contributed by atoms with Gasteiger partial charge in [-0.2, -0.15) is 0 Å². The second kappa shape index (κ2) is 6.29. The fourth-order valence-electron chi connectivity index (χ4n) is 1.98. The quantitative estimate of drug-likeness (QED) is 0.852. The molecule has 1 aromatic carbocycles. The van der Waals surface area contributed by atoms with Crippen LogP contribution in [-0.2, 0) is 9.59 Å². The maximum atomic E-state index is 12.1. The first-order chi connectivity index (χ1) is 9.49. The van der Waals surface area contributed by atoms with Crippen molar-refractivity contribution < 1.29 is 9.59 Å². The van der Waals surface area contributed by atoms with E-state index in [2.05, 4.69) is 5.32 Å². The van der Waals surface area contributed by atoms with E-state index in [4.69, 9.17) is 23.2 Å². The molecule has 1 aromatic rings. The molecule has 1 aliphatic heterocycles. The van der Waals surface area contributed by atoms with Crippen molar-refractivity contribution in [3.05, 3.63) is 39.9 Å². The average molecular weight is 313 g/mol. The number of nitrogens with one attached hydrogen (secondary N) is 1. The summed E-state index contributed by atoms with van der Waals surface area (Å²) in [6.45, 7) is 2.68. The van der Waals surface area contributed by atoms with E-state index in [1.165, 1.54) is 11.0 Å². The number of nitrogens with zero attached hydrogens (tertiary/aromatic N) is 1. The average Bonchev–Trinajstić information content (AvgIpc) is 2.40. The Morgan fingerprint density at radius 1 is 1.45 bits per heavy atom. The summed E-state index contributed by atoms with van der Waals surface area (Å²) < 4.78 is 0. The third-order valence-corrected chi connectivity index (χ3v) is 3.71. The van der Waals surface area contributed by atoms with Gasteiger partial charge in [0.25, 0.3) is 0 Å². The molecule has 6 heteroatoms. The lowest BCUT2D eigenvalue weighted by atomic mass is 10.1. The first-order valence-electron chi connectivity index (χ1n) is 6.20. The van der Waals surface area contributed by atoms with Gasteiger partial charge in [0.2, 0.25) is 11.8 Å². The molecule has 0 radical (unpaired) electrons. The van der Waals surface area contributed by atoms with Crippen LogP contribution < -0.4 is 5.32 Å². The van der Waals surface area contributed by atoms with Crippen molar-refractivity contribution in [3.8, 4) is 0 Å². The van der Waals surface area contributed by atoms with Gasteiger partial charge in [0.1, 0.15) is 6.04 Å². The Morgan fingerprint density at radius 2 is 2.20 bits per heavy atom. The Labute approximate surface area is 127 Å². The van der Waals surface area contributed by atoms with E-state index in [0.29, 0.717) is 28.7 Å². The van der Waals surface area contributed by atoms with E-state index < -0.39 is 6.04 Å². The molecule has 2 rings (SSSR count). The van der Waals surface area contributed by atoms with Crippen molar-refractivity contribution in [2.75, 3.05) is 13.1 Å². The molecule has 0 aliphatic carbocycles. The molecule has 1 aliphatic rings. The summed E-state index contributed by atoms with van der Waals surface area (Å²) in [7, 11) is 0. The molecule has 1 N–H and O–H groups in total. The molecule has 106 valence electrons. The number of hydrogen-bond acceptors (Lipinski definition) is 2. The summed E-state index contributed by atoms with van der Waals surface area (Å²) in [6, 6.07) is 4.60. The molecule has 1 unspecified atom stereocenters. The predicted octanol–water partition coefficient (Wildman–Crippen LogP) is 2.35. The van der Waals surface area contributed by atoms with Crippen LogP contribution in [0.3, 0.4) is 0 Å². The number of halogens is 2. The topological polar surface area (TPSA) is 49.4 Å². The summed E-state index contributed by atoms with van der Waals surface area (Å²) in [5.41, 5.74) is 0.707. The zero-order valence-corrected chi connectivity index (χ0v) is 12.4. The van der Waals surface area contributed by atoms with Crippen LogP contribution in [0.5, 0.6) is 0 Å². The van der Waals surface area contributed by atoms with Gasteiger partial charge in [0.05, 0.1) is 0 Å². The molecule has 0 spiro atoms. The fraction of sp³-hybridized carbons (Fsp3) is 0.286. The molecule has 2 amide bonds. The molecule has 0 saturated carbocycles. The van der Waals surface area contributed by atoms with Gasteiger partial charge in [0.15, 0.2) is 0 Å². The van der Waals surface area contributed by atoms with Crippen LogP contribution >= 0.6 is 23.2 Å². The highest BCUT2D eigenvalue weighted by molar-refractivity contribution is 6.35. The van der Waals surface area contributed by atoms with Crippen LogP contribution in [-0.4, -0.2) is 35.8 Å². The number of carbonyl (C=O) groups is 2. The first-order valence-corrected chi connectivity index (χ1v) is 6.96. The molecule has 1 fully saturated rings. The van der Waals surface area contributed by atoms with E-state index >= 15 is 0 Å². The third kappa shape index (κ3) is 3.32. The van der Waals surface area contributed by atoms with Crippen molar-refractivity contribution in [2.24, 2.45) is 0 Å². The Kier molecular flexibility index (Phi) is 4.68. The number of piperazine rings is 1. The van der Waals surface area contributed by atoms with Gasteiger partial charge < -0.3 is 10.2 Å². The molecule has 0 aromatic heterocycles. The largest absolute Gasteiger partial charge is 0.353 e. The summed E-state index contributed by atoms with van der Waals surface area (Å²) in [4.78, 5) is 25.1. The molecular weight excluding hydrogens is 299 g/mol. The van der Waals surface area contributed by atoms with Crippen molar-refractivity contribution in [2.45, 2.75) is 13.0 Å². The Morgan fingerprint density at radius 3 is 2.90 bits per heavy atom. The monoisotopic (exact) mass is 312 g/mol. The Balaban J connectivity index is 2.10. The summed E-state index contributed by atoms with van der Waals surface area (Å²) in [5, 5.41) is 3.73. The van der Waals surface area contributed by atoms with Crippen LogP contribution in [0.4, 0.5) is 0 Å². The minimum absolute atomic E-state index is 0.137. The number of hydrogen-bond donors (Lipinski definition) is 1. The standard InChI is InChI=1S/C14H14Cl2N2O2/c1-9-14(20)17-6-7-18(9)13(19)5-3-10-2-4-11(15)8-12(10)16/h2-5,8-9H,6-7H2,1H3,(H,17,20). The molecule has 1 saturated heterocycles. The highest BCUT2D eigenvalue weighted by Gasteiger charge is 2.27. The van der Waals surface area contributed by atoms with Gasteiger partial charge in [-0.15, -0.1) is 0 Å². The minimum Gasteiger partial charge on any atom is -0.353 e. The second-order valence-corrected chi connectivity index (χ2v) is 5.34. The van der Waals surface area contributed by atoms with Crippen molar-refractivity contribution >= 4 is 41.1 Å². The van der Waals surface area contributed by atoms with E-state index in [0.717, 1.165) is 0 Å². The predicted molar refractivity (Wildman–Crippen MR) is 79.7 cm³/mol. The molecule has 0 bridgehead atoms. The molecular formula is C14H14Cl2N2O2. The van der Waals surface area contributed by atoms with Crippen LogP contribution in [0.1, 0.15) is 12.5 Å².